The van der Waals surface area contributed by atoms with Gasteiger partial charge in [0, 0.05) is 24.2 Å². The molecule has 0 radical (unpaired) electrons. The fourth-order valence-corrected chi connectivity index (χ4v) is 4.26. The lowest BCUT2D eigenvalue weighted by molar-refractivity contribution is -0.115. The molecule has 0 bridgehead atoms. The lowest BCUT2D eigenvalue weighted by Gasteiger charge is -2.29. The number of amides is 2. The minimum Gasteiger partial charge on any atom is -0.465 e. The molecule has 1 aliphatic rings. The molecule has 0 spiro atoms. The first kappa shape index (κ1) is 21.8. The summed E-state index contributed by atoms with van der Waals surface area (Å²) in [5, 5.41) is 17.1. The van der Waals surface area contributed by atoms with Crippen LogP contribution in [0.5, 0.6) is 0 Å². The molecule has 8 heteroatoms. The van der Waals surface area contributed by atoms with E-state index in [-0.39, 0.29) is 18.1 Å². The van der Waals surface area contributed by atoms with Crippen molar-refractivity contribution in [3.63, 3.8) is 0 Å². The summed E-state index contributed by atoms with van der Waals surface area (Å²) in [5.74, 6) is -0.0597. The molecular weight excluding hydrogens is 413 g/mol. The summed E-state index contributed by atoms with van der Waals surface area (Å²) in [6, 6.07) is 9.53. The number of aromatic nitrogens is 1. The van der Waals surface area contributed by atoms with Crippen molar-refractivity contribution in [1.29, 1.82) is 0 Å². The van der Waals surface area contributed by atoms with Crippen molar-refractivity contribution in [2.75, 3.05) is 18.4 Å². The molecule has 0 unspecified atom stereocenters. The molecule has 7 nitrogen and oxygen atoms in total. The van der Waals surface area contributed by atoms with Crippen LogP contribution >= 0.6 is 0 Å². The van der Waals surface area contributed by atoms with Crippen molar-refractivity contribution in [3.8, 4) is 0 Å². The van der Waals surface area contributed by atoms with Crippen LogP contribution in [0.25, 0.3) is 11.0 Å². The number of nitrogens with zero attached hydrogens (tertiary/aromatic N) is 2. The predicted molar refractivity (Wildman–Crippen MR) is 118 cm³/mol. The summed E-state index contributed by atoms with van der Waals surface area (Å²) in [6.45, 7) is 3.09. The van der Waals surface area contributed by atoms with Crippen LogP contribution in [0.15, 0.2) is 40.9 Å². The highest BCUT2D eigenvalue weighted by Crippen LogP contribution is 2.28. The topological polar surface area (TPSA) is 95.7 Å². The Balaban J connectivity index is 1.38. The molecule has 0 aliphatic carbocycles. The van der Waals surface area contributed by atoms with E-state index in [0.29, 0.717) is 30.3 Å². The van der Waals surface area contributed by atoms with Crippen LogP contribution < -0.4 is 5.32 Å². The fraction of sp³-hybridized carbons (Fsp3) is 0.375. The molecule has 2 heterocycles. The van der Waals surface area contributed by atoms with Crippen LogP contribution in [0.2, 0.25) is 0 Å². The van der Waals surface area contributed by atoms with Gasteiger partial charge in [0.2, 0.25) is 5.91 Å². The number of hydrogen-bond acceptors (Lipinski definition) is 4. The number of aryl methyl sites for hydroxylation is 2. The Labute approximate surface area is 185 Å². The Bertz CT molecular complexity index is 1120. The third-order valence-electron chi connectivity index (χ3n) is 6.23. The number of hydrogen-bond donors (Lipinski definition) is 2. The molecule has 1 aromatic heterocycles. The van der Waals surface area contributed by atoms with E-state index in [1.807, 2.05) is 19.1 Å². The summed E-state index contributed by atoms with van der Waals surface area (Å²) in [7, 11) is 0. The largest absolute Gasteiger partial charge is 0.465 e. The number of carboxylic acid groups (broad SMARTS) is 1. The molecule has 0 atom stereocenters. The number of carbonyl (C=O) groups is 2. The highest BCUT2D eigenvalue weighted by molar-refractivity contribution is 5.93. The second kappa shape index (κ2) is 9.38. The zero-order valence-corrected chi connectivity index (χ0v) is 17.9. The Kier molecular flexibility index (Phi) is 6.39. The number of benzene rings is 2. The summed E-state index contributed by atoms with van der Waals surface area (Å²) in [5.41, 5.74) is 3.86. The van der Waals surface area contributed by atoms with Crippen LogP contribution in [-0.4, -0.2) is 40.3 Å². The Morgan fingerprint density at radius 1 is 1.19 bits per heavy atom. The zero-order chi connectivity index (χ0) is 22.7. The molecule has 2 N–H and O–H groups in total. The molecule has 1 fully saturated rings. The van der Waals surface area contributed by atoms with Crippen molar-refractivity contribution in [1.82, 2.24) is 10.1 Å². The number of anilines is 1. The molecule has 1 aliphatic heterocycles. The highest BCUT2D eigenvalue weighted by Gasteiger charge is 2.23. The van der Waals surface area contributed by atoms with E-state index in [9.17, 15) is 14.0 Å². The average Bonchev–Trinajstić information content (AvgIpc) is 3.20. The van der Waals surface area contributed by atoms with Crippen molar-refractivity contribution in [2.24, 2.45) is 5.92 Å². The molecule has 32 heavy (non-hydrogen) atoms. The van der Waals surface area contributed by atoms with Gasteiger partial charge in [-0.3, -0.25) is 4.79 Å². The van der Waals surface area contributed by atoms with Crippen LogP contribution in [0.4, 0.5) is 14.9 Å². The first-order valence-electron chi connectivity index (χ1n) is 10.8. The first-order valence-corrected chi connectivity index (χ1v) is 10.8. The maximum Gasteiger partial charge on any atom is 0.407 e. The molecule has 0 saturated carbocycles. The molecule has 2 aromatic carbocycles. The summed E-state index contributed by atoms with van der Waals surface area (Å²) in [6.07, 6.45) is 2.79. The Hall–Kier alpha value is -3.42. The maximum atomic E-state index is 13.0. The van der Waals surface area contributed by atoms with Gasteiger partial charge in [0.25, 0.3) is 0 Å². The van der Waals surface area contributed by atoms with E-state index in [1.54, 1.807) is 0 Å². The molecule has 2 amide bonds. The fourth-order valence-electron chi connectivity index (χ4n) is 4.26. The minimum absolute atomic E-state index is 0.178. The number of rotatable bonds is 6. The third kappa shape index (κ3) is 4.90. The second-order valence-corrected chi connectivity index (χ2v) is 8.34. The van der Waals surface area contributed by atoms with Crippen molar-refractivity contribution in [2.45, 2.75) is 39.0 Å². The van der Waals surface area contributed by atoms with Gasteiger partial charge in [0.1, 0.15) is 5.82 Å². The van der Waals surface area contributed by atoms with Gasteiger partial charge in [-0.25, -0.2) is 9.18 Å². The Morgan fingerprint density at radius 2 is 1.91 bits per heavy atom. The number of likely N-dealkylation sites (tertiary alicyclic amines) is 1. The highest BCUT2D eigenvalue weighted by atomic mass is 19.1. The third-order valence-corrected chi connectivity index (χ3v) is 6.23. The van der Waals surface area contributed by atoms with Gasteiger partial charge < -0.3 is 19.8 Å². The van der Waals surface area contributed by atoms with E-state index in [4.69, 9.17) is 9.63 Å². The van der Waals surface area contributed by atoms with Gasteiger partial charge in [-0.2, -0.15) is 0 Å². The normalized spacial score (nSPS) is 14.6. The number of piperidine rings is 1. The van der Waals surface area contributed by atoms with E-state index < -0.39 is 6.09 Å². The van der Waals surface area contributed by atoms with E-state index in [1.165, 1.54) is 29.2 Å². The van der Waals surface area contributed by atoms with Crippen LogP contribution in [0.1, 0.15) is 36.1 Å². The van der Waals surface area contributed by atoms with Crippen LogP contribution in [-0.2, 0) is 17.6 Å². The van der Waals surface area contributed by atoms with Crippen molar-refractivity contribution < 1.29 is 23.6 Å². The first-order chi connectivity index (χ1) is 15.4. The molecule has 1 saturated heterocycles. The minimum atomic E-state index is -0.844. The van der Waals surface area contributed by atoms with E-state index >= 15 is 0 Å². The average molecular weight is 439 g/mol. The van der Waals surface area contributed by atoms with Gasteiger partial charge in [0.05, 0.1) is 12.1 Å². The number of fused-ring (bicyclic) bond motifs is 1. The predicted octanol–water partition coefficient (Wildman–Crippen LogP) is 4.78. The van der Waals surface area contributed by atoms with Gasteiger partial charge in [0.15, 0.2) is 5.58 Å². The maximum absolute atomic E-state index is 13.0. The number of halogens is 1. The van der Waals surface area contributed by atoms with Crippen LogP contribution in [0, 0.1) is 18.7 Å². The van der Waals surface area contributed by atoms with E-state index in [0.717, 1.165) is 47.9 Å². The molecule has 4 rings (SSSR count). The van der Waals surface area contributed by atoms with E-state index in [2.05, 4.69) is 10.5 Å². The van der Waals surface area contributed by atoms with Gasteiger partial charge in [-0.1, -0.05) is 11.2 Å². The van der Waals surface area contributed by atoms with Crippen molar-refractivity contribution in [3.05, 3.63) is 59.0 Å². The van der Waals surface area contributed by atoms with Crippen LogP contribution in [0.3, 0.4) is 0 Å². The second-order valence-electron chi connectivity index (χ2n) is 8.34. The summed E-state index contributed by atoms with van der Waals surface area (Å²) in [4.78, 5) is 24.9. The van der Waals surface area contributed by atoms with Gasteiger partial charge in [-0.15, -0.1) is 0 Å². The number of nitrogens with one attached hydrogen (secondary N) is 1. The van der Waals surface area contributed by atoms with Gasteiger partial charge in [-0.05, 0) is 80.0 Å². The SMILES string of the molecule is Cc1c(CC(=O)Nc2ccc(F)cc2)ccc2c(CCC3CCN(C(=O)O)CC3)noc12. The molecule has 168 valence electrons. The summed E-state index contributed by atoms with van der Waals surface area (Å²) < 4.78 is 18.6. The standard InChI is InChI=1S/C24H26FN3O4/c1-15-17(14-22(29)26-19-6-4-18(25)5-7-19)3-8-20-21(27-32-23(15)20)9-2-16-10-12-28(13-11-16)24(30)31/h3-8,16H,2,9-14H2,1H3,(H,26,29)(H,30,31). The van der Waals surface area contributed by atoms with Crippen molar-refractivity contribution >= 4 is 28.7 Å². The lowest BCUT2D eigenvalue weighted by atomic mass is 9.91. The molecular formula is C24H26FN3O4. The van der Waals surface area contributed by atoms with Gasteiger partial charge >= 0.3 is 6.09 Å². The molecule has 3 aromatic rings. The lowest BCUT2D eigenvalue weighted by Crippen LogP contribution is -2.37. The quantitative estimate of drug-likeness (QED) is 0.576. The Morgan fingerprint density at radius 3 is 2.59 bits per heavy atom. The zero-order valence-electron chi connectivity index (χ0n) is 17.9. The monoisotopic (exact) mass is 439 g/mol. The summed E-state index contributed by atoms with van der Waals surface area (Å²) >= 11 is 0. The smallest absolute Gasteiger partial charge is 0.407 e. The number of carbonyl (C=O) groups excluding carboxylic acids is 1.